The Morgan fingerprint density at radius 3 is 2.78 bits per heavy atom. The molecule has 0 bridgehead atoms. The zero-order valence-corrected chi connectivity index (χ0v) is 12.6. The number of halogens is 1. The molecule has 0 atom stereocenters. The van der Waals surface area contributed by atoms with Gasteiger partial charge in [0.25, 0.3) is 5.91 Å². The van der Waals surface area contributed by atoms with Crippen molar-refractivity contribution in [2.45, 2.75) is 13.8 Å². The predicted molar refractivity (Wildman–Crippen MR) is 78.7 cm³/mol. The highest BCUT2D eigenvalue weighted by atomic mass is 79.9. The minimum absolute atomic E-state index is 0.0604. The Kier molecular flexibility index (Phi) is 5.55. The van der Waals surface area contributed by atoms with E-state index in [9.17, 15) is 4.79 Å². The number of ether oxygens (including phenoxy) is 1. The maximum Gasteiger partial charge on any atom is 0.261 e. The van der Waals surface area contributed by atoms with Crippen molar-refractivity contribution in [3.63, 3.8) is 0 Å². The van der Waals surface area contributed by atoms with E-state index in [0.717, 1.165) is 4.47 Å². The molecule has 0 heterocycles. The van der Waals surface area contributed by atoms with Crippen molar-refractivity contribution < 1.29 is 9.53 Å². The van der Waals surface area contributed by atoms with Crippen LogP contribution in [0.2, 0.25) is 0 Å². The third-order valence-electron chi connectivity index (χ3n) is 2.00. The number of hydrogen-bond acceptors (Lipinski definition) is 3. The predicted octanol–water partition coefficient (Wildman–Crippen LogP) is 2.46. The number of carbonyl (C=O) groups is 1. The lowest BCUT2D eigenvalue weighted by Crippen LogP contribution is -2.35. The van der Waals surface area contributed by atoms with Crippen LogP contribution in [-0.4, -0.2) is 17.6 Å². The molecule has 1 amide bonds. The lowest BCUT2D eigenvalue weighted by atomic mass is 10.2. The zero-order chi connectivity index (χ0) is 13.7. The monoisotopic (exact) mass is 330 g/mol. The number of amides is 1. The highest BCUT2D eigenvalue weighted by Gasteiger charge is 2.14. The number of nitrogens with one attached hydrogen (secondary N) is 1. The second kappa shape index (κ2) is 6.70. The third-order valence-corrected chi connectivity index (χ3v) is 2.59. The van der Waals surface area contributed by atoms with Gasteiger partial charge in [-0.2, -0.15) is 0 Å². The first-order valence-corrected chi connectivity index (χ1v) is 6.63. The van der Waals surface area contributed by atoms with Crippen molar-refractivity contribution in [3.05, 3.63) is 28.2 Å². The van der Waals surface area contributed by atoms with Gasteiger partial charge in [-0.3, -0.25) is 10.1 Å². The average Bonchev–Trinajstić information content (AvgIpc) is 2.26. The summed E-state index contributed by atoms with van der Waals surface area (Å²) >= 11 is 7.96. The molecular formula is C12H15BrN2O2S. The summed E-state index contributed by atoms with van der Waals surface area (Å²) in [5, 5.41) is 2.32. The van der Waals surface area contributed by atoms with E-state index in [0.29, 0.717) is 23.8 Å². The molecule has 6 heteroatoms. The minimum Gasteiger partial charge on any atom is -0.492 e. The van der Waals surface area contributed by atoms with Crippen molar-refractivity contribution in [1.29, 1.82) is 0 Å². The quantitative estimate of drug-likeness (QED) is 0.832. The summed E-state index contributed by atoms with van der Waals surface area (Å²) in [6.45, 7) is 4.61. The molecule has 3 N–H and O–H groups in total. The van der Waals surface area contributed by atoms with Gasteiger partial charge in [0.05, 0.1) is 12.2 Å². The van der Waals surface area contributed by atoms with Gasteiger partial charge in [-0.05, 0) is 36.3 Å². The van der Waals surface area contributed by atoms with Gasteiger partial charge < -0.3 is 10.5 Å². The summed E-state index contributed by atoms with van der Waals surface area (Å²) in [5.74, 6) is 0.517. The number of carbonyl (C=O) groups excluding carboxylic acids is 1. The average molecular weight is 331 g/mol. The third kappa shape index (κ3) is 4.62. The van der Waals surface area contributed by atoms with Gasteiger partial charge in [-0.1, -0.05) is 29.8 Å². The van der Waals surface area contributed by atoms with Crippen LogP contribution in [0.15, 0.2) is 22.7 Å². The maximum atomic E-state index is 11.9. The molecule has 1 aromatic rings. The number of rotatable bonds is 4. The van der Waals surface area contributed by atoms with Gasteiger partial charge in [0.15, 0.2) is 5.11 Å². The molecule has 0 fully saturated rings. The minimum atomic E-state index is -0.373. The summed E-state index contributed by atoms with van der Waals surface area (Å²) in [4.78, 5) is 11.9. The van der Waals surface area contributed by atoms with Crippen LogP contribution in [0.1, 0.15) is 24.2 Å². The van der Waals surface area contributed by atoms with Gasteiger partial charge >= 0.3 is 0 Å². The molecule has 0 saturated carbocycles. The number of nitrogens with two attached hydrogens (primary N) is 1. The molecule has 1 aromatic carbocycles. The van der Waals surface area contributed by atoms with Crippen molar-refractivity contribution in [2.75, 3.05) is 6.61 Å². The molecule has 0 spiro atoms. The molecule has 0 aromatic heterocycles. The molecule has 98 valence electrons. The van der Waals surface area contributed by atoms with Crippen LogP contribution >= 0.6 is 28.1 Å². The molecule has 0 aliphatic heterocycles. The van der Waals surface area contributed by atoms with Crippen LogP contribution in [0.3, 0.4) is 0 Å². The Labute approximate surface area is 120 Å². The van der Waals surface area contributed by atoms with Crippen LogP contribution in [0.25, 0.3) is 0 Å². The summed E-state index contributed by atoms with van der Waals surface area (Å²) in [7, 11) is 0. The Hall–Kier alpha value is -1.14. The topological polar surface area (TPSA) is 64.3 Å². The van der Waals surface area contributed by atoms with Crippen LogP contribution < -0.4 is 15.8 Å². The summed E-state index contributed by atoms with van der Waals surface area (Å²) in [6, 6.07) is 5.22. The van der Waals surface area contributed by atoms with E-state index in [1.165, 1.54) is 0 Å². The standard InChI is InChI=1S/C12H15BrN2O2S/c1-7(2)6-17-10-4-3-8(13)5-9(10)11(16)15-12(14)18/h3-5,7H,6H2,1-2H3,(H3,14,15,16,18). The summed E-state index contributed by atoms with van der Waals surface area (Å²) in [6.07, 6.45) is 0. The van der Waals surface area contributed by atoms with Crippen LogP contribution in [-0.2, 0) is 0 Å². The van der Waals surface area contributed by atoms with Crippen LogP contribution in [0.4, 0.5) is 0 Å². The summed E-state index contributed by atoms with van der Waals surface area (Å²) in [5.41, 5.74) is 5.69. The van der Waals surface area contributed by atoms with E-state index in [2.05, 4.69) is 33.5 Å². The normalized spacial score (nSPS) is 10.2. The fourth-order valence-electron chi connectivity index (χ4n) is 1.24. The van der Waals surface area contributed by atoms with Crippen molar-refractivity contribution in [1.82, 2.24) is 5.32 Å². The maximum absolute atomic E-state index is 11.9. The van der Waals surface area contributed by atoms with E-state index in [1.54, 1.807) is 12.1 Å². The van der Waals surface area contributed by atoms with E-state index >= 15 is 0 Å². The Morgan fingerprint density at radius 2 is 2.22 bits per heavy atom. The van der Waals surface area contributed by atoms with Gasteiger partial charge in [0.2, 0.25) is 0 Å². The molecular weight excluding hydrogens is 316 g/mol. The molecule has 0 unspecified atom stereocenters. The SMILES string of the molecule is CC(C)COc1ccc(Br)cc1C(=O)NC(N)=S. The van der Waals surface area contributed by atoms with E-state index in [1.807, 2.05) is 19.9 Å². The molecule has 1 rings (SSSR count). The van der Waals surface area contributed by atoms with Gasteiger partial charge in [0, 0.05) is 4.47 Å². The van der Waals surface area contributed by atoms with Crippen LogP contribution in [0, 0.1) is 5.92 Å². The number of thiocarbonyl (C=S) groups is 1. The van der Waals surface area contributed by atoms with Crippen molar-refractivity contribution in [3.8, 4) is 5.75 Å². The first-order valence-electron chi connectivity index (χ1n) is 5.43. The highest BCUT2D eigenvalue weighted by Crippen LogP contribution is 2.23. The molecule has 0 aliphatic carbocycles. The first kappa shape index (κ1) is 14.9. The number of benzene rings is 1. The van der Waals surface area contributed by atoms with Crippen molar-refractivity contribution >= 4 is 39.2 Å². The largest absolute Gasteiger partial charge is 0.492 e. The second-order valence-corrected chi connectivity index (χ2v) is 5.52. The van der Waals surface area contributed by atoms with E-state index in [-0.39, 0.29) is 11.0 Å². The Bertz CT molecular complexity index is 463. The van der Waals surface area contributed by atoms with Gasteiger partial charge in [-0.25, -0.2) is 0 Å². The van der Waals surface area contributed by atoms with Crippen molar-refractivity contribution in [2.24, 2.45) is 11.7 Å². The lowest BCUT2D eigenvalue weighted by Gasteiger charge is -2.13. The molecule has 4 nitrogen and oxygen atoms in total. The van der Waals surface area contributed by atoms with Crippen LogP contribution in [0.5, 0.6) is 5.75 Å². The smallest absolute Gasteiger partial charge is 0.261 e. The molecule has 0 saturated heterocycles. The molecule has 18 heavy (non-hydrogen) atoms. The van der Waals surface area contributed by atoms with E-state index in [4.69, 9.17) is 10.5 Å². The lowest BCUT2D eigenvalue weighted by molar-refractivity contribution is 0.0972. The fourth-order valence-corrected chi connectivity index (χ4v) is 1.69. The van der Waals surface area contributed by atoms with Gasteiger partial charge in [0.1, 0.15) is 5.75 Å². The molecule has 0 aliphatic rings. The Morgan fingerprint density at radius 1 is 1.56 bits per heavy atom. The zero-order valence-electron chi connectivity index (χ0n) is 10.2. The Balaban J connectivity index is 2.95. The molecule has 0 radical (unpaired) electrons. The summed E-state index contributed by atoms with van der Waals surface area (Å²) < 4.78 is 6.38. The first-order chi connectivity index (χ1) is 8.40. The number of hydrogen-bond donors (Lipinski definition) is 2. The highest BCUT2D eigenvalue weighted by molar-refractivity contribution is 9.10. The fraction of sp³-hybridized carbons (Fsp3) is 0.333. The second-order valence-electron chi connectivity index (χ2n) is 4.16. The van der Waals surface area contributed by atoms with Gasteiger partial charge in [-0.15, -0.1) is 0 Å². The van der Waals surface area contributed by atoms with E-state index < -0.39 is 0 Å².